The van der Waals surface area contributed by atoms with Crippen LogP contribution in [-0.2, 0) is 14.4 Å². The molecule has 2 aromatic heterocycles. The number of hydrogen-bond donors (Lipinski definition) is 3. The van der Waals surface area contributed by atoms with Crippen LogP contribution in [-0.4, -0.2) is 49.3 Å². The number of anilines is 2. The Bertz CT molecular complexity index is 1200. The third-order valence-corrected chi connectivity index (χ3v) is 7.44. The second-order valence-electron chi connectivity index (χ2n) is 10.6. The zero-order chi connectivity index (χ0) is 23.9. The summed E-state index contributed by atoms with van der Waals surface area (Å²) in [4.78, 5) is 45.3. The molecule has 10 nitrogen and oxygen atoms in total. The number of carbonyl (C=O) groups excluding carboxylic acids is 3. The van der Waals surface area contributed by atoms with E-state index in [1.54, 1.807) is 16.8 Å². The lowest BCUT2D eigenvalue weighted by molar-refractivity contribution is -0.124. The van der Waals surface area contributed by atoms with Crippen molar-refractivity contribution < 1.29 is 14.4 Å². The minimum Gasteiger partial charge on any atom is -0.351 e. The maximum Gasteiger partial charge on any atom is 0.254 e. The molecule has 0 spiro atoms. The predicted octanol–water partition coefficient (Wildman–Crippen LogP) is 2.86. The van der Waals surface area contributed by atoms with E-state index in [4.69, 9.17) is 9.97 Å². The molecule has 0 radical (unpaired) electrons. The number of Topliss-reactive ketones (excluding diaryl/α,β-unsaturated/α-hetero) is 1. The first-order chi connectivity index (χ1) is 17.0. The molecule has 2 amide bonds. The van der Waals surface area contributed by atoms with Crippen molar-refractivity contribution in [1.29, 1.82) is 0 Å². The minimum absolute atomic E-state index is 0.0615. The maximum absolute atomic E-state index is 12.3. The standard InChI is InChI=1S/C25H31N7O3/c33-20(9-14-1-2-14)10-15-3-5-18(6-4-15)27-24-30-22-17(11-16-12-21(34)29-23(16)35)13-26-32(22)25(31-24)28-19-7-8-19/h11,13-15,18-19H,1-10,12H2,(H,29,34,35)(H2,27,28,30,31)/b16-11+. The second-order valence-corrected chi connectivity index (χ2v) is 10.6. The molecule has 4 fully saturated rings. The summed E-state index contributed by atoms with van der Waals surface area (Å²) in [6.45, 7) is 0. The van der Waals surface area contributed by atoms with Gasteiger partial charge in [-0.05, 0) is 69.3 Å². The third-order valence-electron chi connectivity index (χ3n) is 7.44. The lowest BCUT2D eigenvalue weighted by Gasteiger charge is -2.29. The van der Waals surface area contributed by atoms with Gasteiger partial charge in [0.15, 0.2) is 5.65 Å². The number of amides is 2. The Balaban J connectivity index is 1.17. The Morgan fingerprint density at radius 2 is 1.63 bits per heavy atom. The van der Waals surface area contributed by atoms with Crippen molar-refractivity contribution in [1.82, 2.24) is 24.9 Å². The smallest absolute Gasteiger partial charge is 0.254 e. The lowest BCUT2D eigenvalue weighted by atomic mass is 9.82. The average Bonchev–Trinajstić information content (AvgIpc) is 3.74. The first kappa shape index (κ1) is 22.2. The molecule has 3 aliphatic carbocycles. The van der Waals surface area contributed by atoms with E-state index in [9.17, 15) is 14.4 Å². The largest absolute Gasteiger partial charge is 0.351 e. The van der Waals surface area contributed by atoms with Crippen LogP contribution in [0, 0.1) is 11.8 Å². The molecule has 10 heteroatoms. The highest BCUT2D eigenvalue weighted by Gasteiger charge is 2.29. The molecule has 184 valence electrons. The number of nitrogens with zero attached hydrogens (tertiary/aromatic N) is 4. The lowest BCUT2D eigenvalue weighted by Crippen LogP contribution is -2.28. The number of nitrogens with one attached hydrogen (secondary N) is 3. The fourth-order valence-corrected chi connectivity index (χ4v) is 5.12. The molecule has 3 N–H and O–H groups in total. The van der Waals surface area contributed by atoms with E-state index in [-0.39, 0.29) is 24.3 Å². The molecule has 0 bridgehead atoms. The molecule has 0 unspecified atom stereocenters. The van der Waals surface area contributed by atoms with E-state index in [0.29, 0.717) is 52.3 Å². The van der Waals surface area contributed by atoms with Gasteiger partial charge in [-0.2, -0.15) is 19.6 Å². The van der Waals surface area contributed by atoms with Crippen LogP contribution in [0.15, 0.2) is 11.8 Å². The van der Waals surface area contributed by atoms with Crippen LogP contribution in [0.3, 0.4) is 0 Å². The van der Waals surface area contributed by atoms with Gasteiger partial charge in [-0.3, -0.25) is 19.7 Å². The van der Waals surface area contributed by atoms with Crippen molar-refractivity contribution in [2.45, 2.75) is 82.7 Å². The maximum atomic E-state index is 12.3. The minimum atomic E-state index is -0.370. The van der Waals surface area contributed by atoms with Crippen LogP contribution >= 0.6 is 0 Å². The average molecular weight is 478 g/mol. The van der Waals surface area contributed by atoms with E-state index in [1.165, 1.54) is 12.8 Å². The number of imide groups is 1. The van der Waals surface area contributed by atoms with Gasteiger partial charge < -0.3 is 10.6 Å². The van der Waals surface area contributed by atoms with Crippen LogP contribution in [0.25, 0.3) is 11.7 Å². The number of fused-ring (bicyclic) bond motifs is 1. The van der Waals surface area contributed by atoms with E-state index < -0.39 is 0 Å². The fourth-order valence-electron chi connectivity index (χ4n) is 5.12. The van der Waals surface area contributed by atoms with Gasteiger partial charge in [0.1, 0.15) is 5.78 Å². The summed E-state index contributed by atoms with van der Waals surface area (Å²) in [6.07, 6.45) is 13.6. The summed E-state index contributed by atoms with van der Waals surface area (Å²) in [7, 11) is 0. The highest BCUT2D eigenvalue weighted by atomic mass is 16.2. The van der Waals surface area contributed by atoms with Gasteiger partial charge in [-0.15, -0.1) is 0 Å². The number of rotatable bonds is 9. The van der Waals surface area contributed by atoms with Gasteiger partial charge in [-0.25, -0.2) is 0 Å². The first-order valence-electron chi connectivity index (χ1n) is 12.9. The molecule has 35 heavy (non-hydrogen) atoms. The Kier molecular flexibility index (Phi) is 5.74. The summed E-state index contributed by atoms with van der Waals surface area (Å²) in [5.74, 6) is 2.08. The SMILES string of the molecule is O=C(CC1CC1)CC1CCC(Nc2nc(NC3CC3)n3ncc(/C=C4\CC(=O)NC4=O)c3n2)CC1. The van der Waals surface area contributed by atoms with Gasteiger partial charge in [0.05, 0.1) is 12.6 Å². The Morgan fingerprint density at radius 3 is 2.26 bits per heavy atom. The van der Waals surface area contributed by atoms with Gasteiger partial charge in [0, 0.05) is 36.1 Å². The van der Waals surface area contributed by atoms with Crippen molar-refractivity contribution in [3.05, 3.63) is 17.3 Å². The highest BCUT2D eigenvalue weighted by Crippen LogP contribution is 2.35. The van der Waals surface area contributed by atoms with Gasteiger partial charge in [0.2, 0.25) is 17.8 Å². The van der Waals surface area contributed by atoms with Crippen molar-refractivity contribution >= 4 is 41.2 Å². The monoisotopic (exact) mass is 477 g/mol. The van der Waals surface area contributed by atoms with Gasteiger partial charge in [-0.1, -0.05) is 0 Å². The van der Waals surface area contributed by atoms with Crippen LogP contribution < -0.4 is 16.0 Å². The topological polar surface area (TPSA) is 130 Å². The van der Waals surface area contributed by atoms with Crippen molar-refractivity contribution in [2.24, 2.45) is 11.8 Å². The van der Waals surface area contributed by atoms with Crippen molar-refractivity contribution in [2.75, 3.05) is 10.6 Å². The van der Waals surface area contributed by atoms with Crippen LogP contribution in [0.4, 0.5) is 11.9 Å². The summed E-state index contributed by atoms with van der Waals surface area (Å²) in [5, 5.41) is 13.7. The summed E-state index contributed by atoms with van der Waals surface area (Å²) < 4.78 is 1.66. The zero-order valence-corrected chi connectivity index (χ0v) is 19.8. The molecule has 3 saturated carbocycles. The summed E-state index contributed by atoms with van der Waals surface area (Å²) >= 11 is 0. The molecule has 2 aromatic rings. The molecule has 6 rings (SSSR count). The molecular weight excluding hydrogens is 446 g/mol. The molecule has 0 atom stereocenters. The fraction of sp³-hybridized carbons (Fsp3) is 0.600. The van der Waals surface area contributed by atoms with Crippen molar-refractivity contribution in [3.63, 3.8) is 0 Å². The van der Waals surface area contributed by atoms with Crippen molar-refractivity contribution in [3.8, 4) is 0 Å². The molecule has 0 aromatic carbocycles. The van der Waals surface area contributed by atoms with Crippen LogP contribution in [0.1, 0.15) is 76.2 Å². The van der Waals surface area contributed by atoms with Gasteiger partial charge in [0.25, 0.3) is 5.91 Å². The first-order valence-corrected chi connectivity index (χ1v) is 12.9. The highest BCUT2D eigenvalue weighted by molar-refractivity contribution is 6.15. The Hall–Kier alpha value is -3.30. The van der Waals surface area contributed by atoms with E-state index in [1.807, 2.05) is 0 Å². The molecule has 3 heterocycles. The zero-order valence-electron chi connectivity index (χ0n) is 19.8. The number of hydrogen-bond acceptors (Lipinski definition) is 8. The Labute approximate surface area is 203 Å². The quantitative estimate of drug-likeness (QED) is 0.371. The van der Waals surface area contributed by atoms with E-state index in [0.717, 1.165) is 51.4 Å². The summed E-state index contributed by atoms with van der Waals surface area (Å²) in [6, 6.07) is 0.637. The van der Waals surface area contributed by atoms with Crippen LogP contribution in [0.2, 0.25) is 0 Å². The summed E-state index contributed by atoms with van der Waals surface area (Å²) in [5.41, 5.74) is 1.67. The second kappa shape index (κ2) is 9.05. The molecular formula is C25H31N7O3. The van der Waals surface area contributed by atoms with Crippen LogP contribution in [0.5, 0.6) is 0 Å². The normalized spacial score (nSPS) is 25.8. The number of ketones is 1. The third kappa shape index (κ3) is 5.21. The molecule has 1 saturated heterocycles. The van der Waals surface area contributed by atoms with Gasteiger partial charge >= 0.3 is 0 Å². The van der Waals surface area contributed by atoms with E-state index in [2.05, 4.69) is 21.0 Å². The predicted molar refractivity (Wildman–Crippen MR) is 130 cm³/mol. The van der Waals surface area contributed by atoms with E-state index >= 15 is 0 Å². The number of aromatic nitrogens is 4. The molecule has 4 aliphatic rings. The Morgan fingerprint density at radius 1 is 0.971 bits per heavy atom. The number of carbonyl (C=O) groups is 3. The molecule has 1 aliphatic heterocycles.